The van der Waals surface area contributed by atoms with Gasteiger partial charge in [-0.3, -0.25) is 9.78 Å². The molecule has 0 spiro atoms. The molecule has 146 valence electrons. The zero-order valence-corrected chi connectivity index (χ0v) is 17.0. The Morgan fingerprint density at radius 3 is 2.33 bits per heavy atom. The van der Waals surface area contributed by atoms with Gasteiger partial charge >= 0.3 is 0 Å². The van der Waals surface area contributed by atoms with Gasteiger partial charge in [0.25, 0.3) is 5.91 Å². The van der Waals surface area contributed by atoms with Gasteiger partial charge in [0.1, 0.15) is 11.5 Å². The van der Waals surface area contributed by atoms with Crippen LogP contribution in [0.25, 0.3) is 0 Å². The van der Waals surface area contributed by atoms with Crippen LogP contribution in [-0.4, -0.2) is 43.1 Å². The lowest BCUT2D eigenvalue weighted by atomic mass is 10.2. The topological polar surface area (TPSA) is 63.7 Å². The summed E-state index contributed by atoms with van der Waals surface area (Å²) in [4.78, 5) is 18.9. The normalized spacial score (nSPS) is 10.4. The third-order valence-corrected chi connectivity index (χ3v) is 4.31. The maximum Gasteiger partial charge on any atom is 0.255 e. The van der Waals surface area contributed by atoms with E-state index in [1.165, 1.54) is 0 Å². The van der Waals surface area contributed by atoms with Crippen LogP contribution in [0.15, 0.2) is 30.6 Å². The summed E-state index contributed by atoms with van der Waals surface area (Å²) in [7, 11) is 3.11. The van der Waals surface area contributed by atoms with Gasteiger partial charge in [-0.1, -0.05) is 25.4 Å². The molecule has 27 heavy (non-hydrogen) atoms. The zero-order valence-electron chi connectivity index (χ0n) is 16.2. The molecule has 1 aromatic carbocycles. The molecule has 2 rings (SSSR count). The highest BCUT2D eigenvalue weighted by atomic mass is 35.5. The van der Waals surface area contributed by atoms with Crippen molar-refractivity contribution in [1.82, 2.24) is 9.88 Å². The summed E-state index contributed by atoms with van der Waals surface area (Å²) in [5, 5.41) is 3.68. The van der Waals surface area contributed by atoms with Crippen molar-refractivity contribution in [2.24, 2.45) is 0 Å². The van der Waals surface area contributed by atoms with Crippen molar-refractivity contribution in [3.05, 3.63) is 41.2 Å². The minimum absolute atomic E-state index is 0.0181. The van der Waals surface area contributed by atoms with Crippen molar-refractivity contribution in [1.29, 1.82) is 0 Å². The molecular weight excluding hydrogens is 366 g/mol. The number of nitrogens with zero attached hydrogens (tertiary/aromatic N) is 2. The zero-order chi connectivity index (χ0) is 19.8. The summed E-state index contributed by atoms with van der Waals surface area (Å²) in [5.74, 6) is 1.07. The van der Waals surface area contributed by atoms with Crippen LogP contribution in [0.5, 0.6) is 11.5 Å². The van der Waals surface area contributed by atoms with Gasteiger partial charge in [-0.05, 0) is 18.9 Å². The minimum Gasteiger partial charge on any atom is -0.495 e. The van der Waals surface area contributed by atoms with E-state index in [1.54, 1.807) is 44.8 Å². The molecule has 7 heteroatoms. The van der Waals surface area contributed by atoms with Crippen LogP contribution < -0.4 is 14.8 Å². The number of amides is 1. The molecule has 0 bridgehead atoms. The van der Waals surface area contributed by atoms with E-state index in [4.69, 9.17) is 21.1 Å². The van der Waals surface area contributed by atoms with Gasteiger partial charge in [-0.15, -0.1) is 0 Å². The Morgan fingerprint density at radius 1 is 1.07 bits per heavy atom. The largest absolute Gasteiger partial charge is 0.495 e. The van der Waals surface area contributed by atoms with Crippen molar-refractivity contribution in [3.63, 3.8) is 0 Å². The van der Waals surface area contributed by atoms with E-state index in [9.17, 15) is 4.79 Å². The highest BCUT2D eigenvalue weighted by molar-refractivity contribution is 6.32. The molecule has 0 saturated carbocycles. The Bertz CT molecular complexity index is 777. The fraction of sp³-hybridized carbons (Fsp3) is 0.400. The predicted molar refractivity (Wildman–Crippen MR) is 109 cm³/mol. The Balaban J connectivity index is 2.29. The number of aromatic nitrogens is 1. The molecule has 1 N–H and O–H groups in total. The van der Waals surface area contributed by atoms with Crippen molar-refractivity contribution in [2.45, 2.75) is 26.7 Å². The van der Waals surface area contributed by atoms with E-state index < -0.39 is 0 Å². The fourth-order valence-corrected chi connectivity index (χ4v) is 3.01. The molecule has 1 amide bonds. The Kier molecular flexibility index (Phi) is 7.73. The Hall–Kier alpha value is -2.47. The van der Waals surface area contributed by atoms with E-state index in [0.717, 1.165) is 25.9 Å². The van der Waals surface area contributed by atoms with Crippen molar-refractivity contribution in [3.8, 4) is 11.5 Å². The highest BCUT2D eigenvalue weighted by Crippen LogP contribution is 2.37. The number of pyridine rings is 1. The molecule has 0 atom stereocenters. The summed E-state index contributed by atoms with van der Waals surface area (Å²) in [6.45, 7) is 5.58. The number of hydrogen-bond acceptors (Lipinski definition) is 5. The third kappa shape index (κ3) is 5.26. The number of methoxy groups -OCH3 is 2. The van der Waals surface area contributed by atoms with Crippen LogP contribution in [0.1, 0.15) is 37.0 Å². The quantitative estimate of drug-likeness (QED) is 0.667. The van der Waals surface area contributed by atoms with Gasteiger partial charge in [0.05, 0.1) is 42.4 Å². The standard InChI is InChI=1S/C20H26ClN3O3/c1-5-7-24(8-6-2)20(25)14-9-15(13-22-12-14)23-17-11-18(26-3)16(21)10-19(17)27-4/h9-13,23H,5-8H2,1-4H3. The summed E-state index contributed by atoms with van der Waals surface area (Å²) in [6, 6.07) is 5.21. The van der Waals surface area contributed by atoms with Gasteiger partial charge in [-0.25, -0.2) is 0 Å². The second-order valence-corrected chi connectivity index (χ2v) is 6.47. The van der Waals surface area contributed by atoms with E-state index >= 15 is 0 Å². The van der Waals surface area contributed by atoms with Crippen molar-refractivity contribution >= 4 is 28.9 Å². The molecule has 0 aliphatic rings. The third-order valence-electron chi connectivity index (χ3n) is 4.01. The van der Waals surface area contributed by atoms with Gasteiger partial charge in [0, 0.05) is 31.4 Å². The maximum absolute atomic E-state index is 12.8. The molecule has 0 saturated heterocycles. The summed E-state index contributed by atoms with van der Waals surface area (Å²) in [6.07, 6.45) is 5.07. The van der Waals surface area contributed by atoms with Crippen molar-refractivity contribution < 1.29 is 14.3 Å². The van der Waals surface area contributed by atoms with E-state index in [0.29, 0.717) is 33.5 Å². The van der Waals surface area contributed by atoms with Crippen LogP contribution in [0.4, 0.5) is 11.4 Å². The lowest BCUT2D eigenvalue weighted by Crippen LogP contribution is -2.32. The van der Waals surface area contributed by atoms with Crippen LogP contribution >= 0.6 is 11.6 Å². The van der Waals surface area contributed by atoms with Gasteiger partial charge in [0.2, 0.25) is 0 Å². The maximum atomic E-state index is 12.8. The average molecular weight is 392 g/mol. The summed E-state index contributed by atoms with van der Waals surface area (Å²) >= 11 is 6.15. The van der Waals surface area contributed by atoms with Gasteiger partial charge in [0.15, 0.2) is 0 Å². The molecule has 1 heterocycles. The molecule has 2 aromatic rings. The predicted octanol–water partition coefficient (Wildman–Crippen LogP) is 4.76. The number of halogens is 1. The molecule has 0 unspecified atom stereocenters. The number of rotatable bonds is 9. The van der Waals surface area contributed by atoms with Crippen LogP contribution in [0.3, 0.4) is 0 Å². The second kappa shape index (κ2) is 10.0. The molecule has 0 aliphatic heterocycles. The summed E-state index contributed by atoms with van der Waals surface area (Å²) < 4.78 is 10.6. The number of anilines is 2. The van der Waals surface area contributed by atoms with E-state index in [1.807, 2.05) is 4.90 Å². The highest BCUT2D eigenvalue weighted by Gasteiger charge is 2.16. The Labute approximate surface area is 165 Å². The fourth-order valence-electron chi connectivity index (χ4n) is 2.78. The lowest BCUT2D eigenvalue weighted by molar-refractivity contribution is 0.0755. The Morgan fingerprint density at radius 2 is 1.74 bits per heavy atom. The van der Waals surface area contributed by atoms with Crippen LogP contribution in [0.2, 0.25) is 5.02 Å². The molecule has 1 aromatic heterocycles. The molecule has 0 aliphatic carbocycles. The molecular formula is C20H26ClN3O3. The van der Waals surface area contributed by atoms with Crippen LogP contribution in [-0.2, 0) is 0 Å². The summed E-state index contributed by atoms with van der Waals surface area (Å²) in [5.41, 5.74) is 1.89. The van der Waals surface area contributed by atoms with Gasteiger partial charge < -0.3 is 19.7 Å². The number of carbonyl (C=O) groups is 1. The number of ether oxygens (including phenoxy) is 2. The first-order valence-electron chi connectivity index (χ1n) is 8.96. The first-order valence-corrected chi connectivity index (χ1v) is 9.34. The smallest absolute Gasteiger partial charge is 0.255 e. The first-order chi connectivity index (χ1) is 13.0. The minimum atomic E-state index is -0.0181. The van der Waals surface area contributed by atoms with Crippen LogP contribution in [0, 0.1) is 0 Å². The van der Waals surface area contributed by atoms with E-state index in [-0.39, 0.29) is 5.91 Å². The monoisotopic (exact) mass is 391 g/mol. The van der Waals surface area contributed by atoms with E-state index in [2.05, 4.69) is 24.1 Å². The lowest BCUT2D eigenvalue weighted by Gasteiger charge is -2.21. The van der Waals surface area contributed by atoms with Crippen molar-refractivity contribution in [2.75, 3.05) is 32.6 Å². The molecule has 0 radical (unpaired) electrons. The van der Waals surface area contributed by atoms with Gasteiger partial charge in [-0.2, -0.15) is 0 Å². The number of benzene rings is 1. The second-order valence-electron chi connectivity index (χ2n) is 6.07. The first kappa shape index (κ1) is 20.8. The molecule has 0 fully saturated rings. The number of hydrogen-bond donors (Lipinski definition) is 1. The number of carbonyl (C=O) groups excluding carboxylic acids is 1. The SMILES string of the molecule is CCCN(CCC)C(=O)c1cncc(Nc2cc(OC)c(Cl)cc2OC)c1. The number of nitrogens with one attached hydrogen (secondary N) is 1. The average Bonchev–Trinajstić information content (AvgIpc) is 2.68. The molecule has 6 nitrogen and oxygen atoms in total.